The molecule has 0 aliphatic carbocycles. The van der Waals surface area contributed by atoms with E-state index in [4.69, 9.17) is 0 Å². The van der Waals surface area contributed by atoms with E-state index in [0.717, 1.165) is 15.6 Å². The molecule has 0 bridgehead atoms. The van der Waals surface area contributed by atoms with E-state index in [9.17, 15) is 15.3 Å². The smallest absolute Gasteiger partial charge is 0.148 e. The Balaban J connectivity index is 2.21. The largest absolute Gasteiger partial charge is 0.508 e. The van der Waals surface area contributed by atoms with Crippen molar-refractivity contribution in [3.8, 4) is 17.2 Å². The Morgan fingerprint density at radius 1 is 0.478 bits per heavy atom. The molecule has 0 aliphatic rings. The van der Waals surface area contributed by atoms with Crippen LogP contribution in [-0.4, -0.2) is 23.4 Å². The summed E-state index contributed by atoms with van der Waals surface area (Å²) in [4.78, 5) is 0. The van der Waals surface area contributed by atoms with Crippen LogP contribution in [-0.2, 0) is 0 Å². The molecule has 0 fully saturated rings. The fourth-order valence-electron chi connectivity index (χ4n) is 2.74. The number of hydrogen-bond donors (Lipinski definition) is 3. The van der Waals surface area contributed by atoms with Gasteiger partial charge in [0.25, 0.3) is 0 Å². The van der Waals surface area contributed by atoms with E-state index in [-0.39, 0.29) is 17.2 Å². The molecule has 0 aromatic heterocycles. The molecule has 0 aliphatic heterocycles. The number of aromatic hydroxyl groups is 3. The predicted molar refractivity (Wildman–Crippen MR) is 94.3 cm³/mol. The van der Waals surface area contributed by atoms with Gasteiger partial charge in [-0.2, -0.15) is 0 Å². The molecule has 0 unspecified atom stereocenters. The lowest BCUT2D eigenvalue weighted by Crippen LogP contribution is -2.65. The van der Waals surface area contributed by atoms with E-state index in [0.29, 0.717) is 0 Å². The van der Waals surface area contributed by atoms with E-state index < -0.39 is 8.07 Å². The lowest BCUT2D eigenvalue weighted by Gasteiger charge is -2.29. The first-order chi connectivity index (χ1) is 11.0. The van der Waals surface area contributed by atoms with Crippen molar-refractivity contribution in [2.75, 3.05) is 0 Å². The standard InChI is InChI=1S/C19H17O3Si/c1-23(17-8-2-14(20)3-9-17,18-10-4-15(21)5-11-18)19-12-6-16(22)7-13-19/h2-13,20-22H,1H2. The van der Waals surface area contributed by atoms with Crippen LogP contribution in [0.3, 0.4) is 0 Å². The van der Waals surface area contributed by atoms with Crippen molar-refractivity contribution in [1.29, 1.82) is 0 Å². The summed E-state index contributed by atoms with van der Waals surface area (Å²) in [6, 6.07) is 21.2. The molecule has 0 atom stereocenters. The molecular weight excluding hydrogens is 304 g/mol. The number of hydrogen-bond acceptors (Lipinski definition) is 3. The first-order valence-corrected chi connectivity index (χ1v) is 9.45. The molecule has 0 spiro atoms. The third-order valence-electron chi connectivity index (χ3n) is 4.08. The summed E-state index contributed by atoms with van der Waals surface area (Å²) < 4.78 is 0. The lowest BCUT2D eigenvalue weighted by molar-refractivity contribution is 0.475. The maximum Gasteiger partial charge on any atom is 0.148 e. The quantitative estimate of drug-likeness (QED) is 0.508. The highest BCUT2D eigenvalue weighted by Crippen LogP contribution is 2.14. The van der Waals surface area contributed by atoms with Crippen LogP contribution in [0.2, 0.25) is 0 Å². The molecule has 0 amide bonds. The Morgan fingerprint density at radius 2 is 0.696 bits per heavy atom. The summed E-state index contributed by atoms with van der Waals surface area (Å²) >= 11 is 0. The molecule has 0 saturated carbocycles. The Labute approximate surface area is 136 Å². The molecule has 0 heterocycles. The van der Waals surface area contributed by atoms with E-state index in [1.54, 1.807) is 36.4 Å². The van der Waals surface area contributed by atoms with Crippen molar-refractivity contribution in [2.24, 2.45) is 0 Å². The van der Waals surface area contributed by atoms with Crippen LogP contribution >= 0.6 is 0 Å². The van der Waals surface area contributed by atoms with E-state index in [2.05, 4.69) is 6.55 Å². The second-order valence-corrected chi connectivity index (χ2v) is 9.09. The van der Waals surface area contributed by atoms with Crippen molar-refractivity contribution in [3.05, 3.63) is 79.3 Å². The van der Waals surface area contributed by atoms with Crippen LogP contribution < -0.4 is 15.6 Å². The third kappa shape index (κ3) is 2.81. The molecular formula is C19H17O3Si. The minimum absolute atomic E-state index is 0.210. The summed E-state index contributed by atoms with van der Waals surface area (Å²) in [6.45, 7) is 4.56. The van der Waals surface area contributed by atoms with Crippen LogP contribution in [0.4, 0.5) is 0 Å². The minimum atomic E-state index is -2.53. The predicted octanol–water partition coefficient (Wildman–Crippen LogP) is 1.65. The van der Waals surface area contributed by atoms with Gasteiger partial charge in [-0.15, -0.1) is 0 Å². The van der Waals surface area contributed by atoms with E-state index in [1.807, 2.05) is 36.4 Å². The zero-order chi connectivity index (χ0) is 16.4. The number of benzene rings is 3. The van der Waals surface area contributed by atoms with Gasteiger partial charge in [0.1, 0.15) is 25.3 Å². The molecule has 3 nitrogen and oxygen atoms in total. The SMILES string of the molecule is [CH2][Si](c1ccc(O)cc1)(c1ccc(O)cc1)c1ccc(O)cc1. The van der Waals surface area contributed by atoms with Crippen LogP contribution in [0.15, 0.2) is 72.8 Å². The summed E-state index contributed by atoms with van der Waals surface area (Å²) in [7, 11) is -2.53. The average Bonchev–Trinajstić information content (AvgIpc) is 2.56. The summed E-state index contributed by atoms with van der Waals surface area (Å²) in [6.07, 6.45) is 0. The maximum absolute atomic E-state index is 9.57. The minimum Gasteiger partial charge on any atom is -0.508 e. The summed E-state index contributed by atoms with van der Waals surface area (Å²) in [5, 5.41) is 31.8. The Bertz CT molecular complexity index is 683. The molecule has 115 valence electrons. The van der Waals surface area contributed by atoms with Crippen LogP contribution in [0, 0.1) is 6.55 Å². The molecule has 1 radical (unpaired) electrons. The van der Waals surface area contributed by atoms with Crippen molar-refractivity contribution in [3.63, 3.8) is 0 Å². The topological polar surface area (TPSA) is 60.7 Å². The third-order valence-corrected chi connectivity index (χ3v) is 8.04. The monoisotopic (exact) mass is 321 g/mol. The van der Waals surface area contributed by atoms with Gasteiger partial charge in [0.2, 0.25) is 0 Å². The maximum atomic E-state index is 9.57. The zero-order valence-corrected chi connectivity index (χ0v) is 13.5. The molecule has 3 aromatic rings. The van der Waals surface area contributed by atoms with E-state index >= 15 is 0 Å². The highest BCUT2D eigenvalue weighted by atomic mass is 28.3. The first-order valence-electron chi connectivity index (χ1n) is 7.24. The highest BCUT2D eigenvalue weighted by molar-refractivity contribution is 7.12. The highest BCUT2D eigenvalue weighted by Gasteiger charge is 2.34. The number of phenolic OH excluding ortho intramolecular Hbond substituents is 3. The van der Waals surface area contributed by atoms with Gasteiger partial charge in [-0.1, -0.05) is 36.4 Å². The summed E-state index contributed by atoms with van der Waals surface area (Å²) in [5.41, 5.74) is 0. The molecule has 23 heavy (non-hydrogen) atoms. The second kappa shape index (κ2) is 5.82. The molecule has 3 aromatic carbocycles. The number of rotatable bonds is 3. The van der Waals surface area contributed by atoms with Crippen LogP contribution in [0.1, 0.15) is 0 Å². The second-order valence-electron chi connectivity index (χ2n) is 5.55. The van der Waals surface area contributed by atoms with Crippen molar-refractivity contribution in [1.82, 2.24) is 0 Å². The molecule has 0 saturated heterocycles. The Hall–Kier alpha value is -2.72. The molecule has 3 rings (SSSR count). The van der Waals surface area contributed by atoms with Gasteiger partial charge in [0, 0.05) is 0 Å². The normalized spacial score (nSPS) is 11.3. The fraction of sp³-hybridized carbons (Fsp3) is 0. The summed E-state index contributed by atoms with van der Waals surface area (Å²) in [5.74, 6) is 0.629. The van der Waals surface area contributed by atoms with Crippen molar-refractivity contribution < 1.29 is 15.3 Å². The zero-order valence-electron chi connectivity index (χ0n) is 12.5. The first kappa shape index (κ1) is 15.2. The Kier molecular flexibility index (Phi) is 3.84. The van der Waals surface area contributed by atoms with Gasteiger partial charge in [-0.3, -0.25) is 0 Å². The van der Waals surface area contributed by atoms with Gasteiger partial charge in [-0.25, -0.2) is 0 Å². The van der Waals surface area contributed by atoms with Gasteiger partial charge in [-0.05, 0) is 58.5 Å². The molecule has 3 N–H and O–H groups in total. The molecule has 4 heteroatoms. The average molecular weight is 321 g/mol. The van der Waals surface area contributed by atoms with Crippen molar-refractivity contribution in [2.45, 2.75) is 0 Å². The van der Waals surface area contributed by atoms with Crippen LogP contribution in [0.5, 0.6) is 17.2 Å². The van der Waals surface area contributed by atoms with Crippen LogP contribution in [0.25, 0.3) is 0 Å². The van der Waals surface area contributed by atoms with Gasteiger partial charge in [0.15, 0.2) is 0 Å². The number of phenols is 3. The Morgan fingerprint density at radius 3 is 0.913 bits per heavy atom. The van der Waals surface area contributed by atoms with E-state index in [1.165, 1.54) is 0 Å². The van der Waals surface area contributed by atoms with Gasteiger partial charge in [0.05, 0.1) is 0 Å². The lowest BCUT2D eigenvalue weighted by atomic mass is 10.3. The van der Waals surface area contributed by atoms with Gasteiger partial charge >= 0.3 is 0 Å². The fourth-order valence-corrected chi connectivity index (χ4v) is 5.94. The van der Waals surface area contributed by atoms with Crippen molar-refractivity contribution >= 4 is 23.6 Å². The van der Waals surface area contributed by atoms with Gasteiger partial charge < -0.3 is 15.3 Å².